The Balaban J connectivity index is 0. The molecule has 0 radical (unpaired) electrons. The van der Waals surface area contributed by atoms with Crippen LogP contribution in [-0.4, -0.2) is 12.6 Å². The van der Waals surface area contributed by atoms with Crippen LogP contribution in [0.5, 0.6) is 0 Å². The van der Waals surface area contributed by atoms with Gasteiger partial charge in [0.2, 0.25) is 0 Å². The molecule has 0 spiro atoms. The third-order valence-corrected chi connectivity index (χ3v) is 0.803. The molecule has 0 aromatic heterocycles. The van der Waals surface area contributed by atoms with Crippen molar-refractivity contribution in [3.8, 4) is 0 Å². The summed E-state index contributed by atoms with van der Waals surface area (Å²) in [5.41, 5.74) is 0. The zero-order valence-corrected chi connectivity index (χ0v) is 8.18. The molecular formula is C6H13IO2. The van der Waals surface area contributed by atoms with E-state index in [2.05, 4.69) is 11.7 Å². The summed E-state index contributed by atoms with van der Waals surface area (Å²) < 4.78 is 4.64. The normalized spacial score (nSPS) is 7.78. The first-order valence-electron chi connectivity index (χ1n) is 2.90. The van der Waals surface area contributed by atoms with E-state index in [1.165, 1.54) is 6.92 Å². The molecule has 0 N–H and O–H groups in total. The van der Waals surface area contributed by atoms with Crippen LogP contribution in [0.1, 0.15) is 26.7 Å². The van der Waals surface area contributed by atoms with Crippen molar-refractivity contribution in [2.75, 3.05) is 6.61 Å². The lowest BCUT2D eigenvalue weighted by atomic mass is 10.4. The van der Waals surface area contributed by atoms with Crippen molar-refractivity contribution in [1.82, 2.24) is 0 Å². The second-order valence-electron chi connectivity index (χ2n) is 1.69. The van der Waals surface area contributed by atoms with E-state index in [9.17, 15) is 4.79 Å². The molecule has 0 atom stereocenters. The Hall–Kier alpha value is 0.200. The maximum atomic E-state index is 10.1. The Morgan fingerprint density at radius 1 is 1.56 bits per heavy atom. The Morgan fingerprint density at radius 2 is 2.11 bits per heavy atom. The van der Waals surface area contributed by atoms with Crippen LogP contribution in [0.25, 0.3) is 0 Å². The van der Waals surface area contributed by atoms with Gasteiger partial charge in [0, 0.05) is 6.92 Å². The lowest BCUT2D eigenvalue weighted by Gasteiger charge is -1.96. The number of carbonyl (C=O) groups excluding carboxylic acids is 1. The van der Waals surface area contributed by atoms with Gasteiger partial charge in [-0.3, -0.25) is 4.79 Å². The number of hydrogen-bond donors (Lipinski definition) is 0. The zero-order valence-electron chi connectivity index (χ0n) is 5.85. The minimum absolute atomic E-state index is 0. The van der Waals surface area contributed by atoms with Gasteiger partial charge in [-0.15, -0.1) is 24.0 Å². The first kappa shape index (κ1) is 11.9. The second-order valence-corrected chi connectivity index (χ2v) is 1.69. The monoisotopic (exact) mass is 244 g/mol. The van der Waals surface area contributed by atoms with Crippen molar-refractivity contribution in [2.24, 2.45) is 0 Å². The molecule has 0 fully saturated rings. The molecule has 0 saturated carbocycles. The van der Waals surface area contributed by atoms with Crippen LogP contribution < -0.4 is 0 Å². The summed E-state index contributed by atoms with van der Waals surface area (Å²) in [5, 5.41) is 0. The smallest absolute Gasteiger partial charge is 0.302 e. The highest BCUT2D eigenvalue weighted by atomic mass is 127. The van der Waals surface area contributed by atoms with E-state index in [1.807, 2.05) is 0 Å². The van der Waals surface area contributed by atoms with Crippen molar-refractivity contribution >= 4 is 29.9 Å². The fourth-order valence-corrected chi connectivity index (χ4v) is 0.360. The van der Waals surface area contributed by atoms with Crippen molar-refractivity contribution in [3.05, 3.63) is 0 Å². The third kappa shape index (κ3) is 11.7. The fourth-order valence-electron chi connectivity index (χ4n) is 0.360. The van der Waals surface area contributed by atoms with Gasteiger partial charge in [0.1, 0.15) is 0 Å². The summed E-state index contributed by atoms with van der Waals surface area (Å²) >= 11 is 0. The van der Waals surface area contributed by atoms with Crippen molar-refractivity contribution in [2.45, 2.75) is 26.7 Å². The van der Waals surface area contributed by atoms with E-state index < -0.39 is 0 Å². The van der Waals surface area contributed by atoms with Crippen LogP contribution >= 0.6 is 24.0 Å². The number of carbonyl (C=O) groups is 1. The quantitative estimate of drug-likeness (QED) is 0.431. The van der Waals surface area contributed by atoms with Crippen molar-refractivity contribution in [1.29, 1.82) is 0 Å². The summed E-state index contributed by atoms with van der Waals surface area (Å²) in [5.74, 6) is -0.182. The van der Waals surface area contributed by atoms with Crippen LogP contribution in [0.2, 0.25) is 0 Å². The zero-order chi connectivity index (χ0) is 6.41. The predicted octanol–water partition coefficient (Wildman–Crippen LogP) is 1.97. The molecule has 0 heterocycles. The van der Waals surface area contributed by atoms with Crippen LogP contribution in [0.3, 0.4) is 0 Å². The maximum absolute atomic E-state index is 10.1. The van der Waals surface area contributed by atoms with Crippen molar-refractivity contribution < 1.29 is 9.53 Å². The highest BCUT2D eigenvalue weighted by molar-refractivity contribution is 14.0. The number of esters is 1. The molecule has 0 saturated heterocycles. The summed E-state index contributed by atoms with van der Waals surface area (Å²) in [4.78, 5) is 10.1. The molecule has 0 aliphatic carbocycles. The van der Waals surface area contributed by atoms with Gasteiger partial charge < -0.3 is 4.74 Å². The lowest BCUT2D eigenvalue weighted by molar-refractivity contribution is -0.141. The SMILES string of the molecule is CCCCOC(C)=O.I. The van der Waals surface area contributed by atoms with E-state index in [4.69, 9.17) is 0 Å². The first-order chi connectivity index (χ1) is 3.77. The minimum Gasteiger partial charge on any atom is -0.466 e. The molecule has 0 amide bonds. The molecular weight excluding hydrogens is 231 g/mol. The van der Waals surface area contributed by atoms with Gasteiger partial charge in [-0.2, -0.15) is 0 Å². The van der Waals surface area contributed by atoms with Gasteiger partial charge in [-0.25, -0.2) is 0 Å². The topological polar surface area (TPSA) is 26.3 Å². The molecule has 0 aliphatic heterocycles. The Labute approximate surface area is 73.0 Å². The third-order valence-electron chi connectivity index (χ3n) is 0.803. The highest BCUT2D eigenvalue weighted by Crippen LogP contribution is 1.86. The molecule has 2 nitrogen and oxygen atoms in total. The summed E-state index contributed by atoms with van der Waals surface area (Å²) in [6.07, 6.45) is 2.05. The van der Waals surface area contributed by atoms with Crippen LogP contribution in [0.4, 0.5) is 0 Å². The number of rotatable bonds is 3. The summed E-state index contributed by atoms with van der Waals surface area (Å²) in [6, 6.07) is 0. The molecule has 0 unspecified atom stereocenters. The molecule has 0 bridgehead atoms. The predicted molar refractivity (Wildman–Crippen MR) is 47.0 cm³/mol. The maximum Gasteiger partial charge on any atom is 0.302 e. The Morgan fingerprint density at radius 3 is 2.44 bits per heavy atom. The van der Waals surface area contributed by atoms with Gasteiger partial charge in [-0.05, 0) is 6.42 Å². The molecule has 0 aromatic carbocycles. The average molecular weight is 244 g/mol. The summed E-state index contributed by atoms with van der Waals surface area (Å²) in [7, 11) is 0. The summed E-state index contributed by atoms with van der Waals surface area (Å²) in [6.45, 7) is 4.06. The van der Waals surface area contributed by atoms with E-state index in [1.54, 1.807) is 0 Å². The van der Waals surface area contributed by atoms with E-state index >= 15 is 0 Å². The van der Waals surface area contributed by atoms with Crippen LogP contribution in [0.15, 0.2) is 0 Å². The number of unbranched alkanes of at least 4 members (excludes halogenated alkanes) is 1. The van der Waals surface area contributed by atoms with E-state index in [0.29, 0.717) is 6.61 Å². The van der Waals surface area contributed by atoms with Gasteiger partial charge >= 0.3 is 5.97 Å². The standard InChI is InChI=1S/C6H12O2.HI/c1-3-4-5-8-6(2)7;/h3-5H2,1-2H3;1H. The molecule has 0 aliphatic rings. The molecule has 0 rings (SSSR count). The van der Waals surface area contributed by atoms with Gasteiger partial charge in [0.05, 0.1) is 6.61 Å². The first-order valence-corrected chi connectivity index (χ1v) is 2.90. The average Bonchev–Trinajstić information content (AvgIpc) is 1.66. The number of hydrogen-bond acceptors (Lipinski definition) is 2. The lowest BCUT2D eigenvalue weighted by Crippen LogP contribution is -1.99. The van der Waals surface area contributed by atoms with Crippen LogP contribution in [0, 0.1) is 0 Å². The van der Waals surface area contributed by atoms with Gasteiger partial charge in [-0.1, -0.05) is 13.3 Å². The van der Waals surface area contributed by atoms with E-state index in [0.717, 1.165) is 12.8 Å². The molecule has 56 valence electrons. The Bertz CT molecular complexity index is 73.5. The highest BCUT2D eigenvalue weighted by Gasteiger charge is 1.88. The number of halogens is 1. The van der Waals surface area contributed by atoms with Crippen LogP contribution in [-0.2, 0) is 9.53 Å². The van der Waals surface area contributed by atoms with Gasteiger partial charge in [0.15, 0.2) is 0 Å². The number of ether oxygens (including phenoxy) is 1. The molecule has 9 heavy (non-hydrogen) atoms. The second kappa shape index (κ2) is 8.20. The fraction of sp³-hybridized carbons (Fsp3) is 0.833. The largest absolute Gasteiger partial charge is 0.466 e. The Kier molecular flexibility index (Phi) is 10.9. The minimum atomic E-state index is -0.182. The molecule has 0 aromatic rings. The van der Waals surface area contributed by atoms with Crippen molar-refractivity contribution in [3.63, 3.8) is 0 Å². The molecule has 3 heteroatoms. The van der Waals surface area contributed by atoms with Gasteiger partial charge in [0.25, 0.3) is 0 Å². The van der Waals surface area contributed by atoms with E-state index in [-0.39, 0.29) is 29.9 Å².